The summed E-state index contributed by atoms with van der Waals surface area (Å²) >= 11 is 9.34. The van der Waals surface area contributed by atoms with Gasteiger partial charge in [0.1, 0.15) is 0 Å². The first-order valence-electron chi connectivity index (χ1n) is 4.92. The van der Waals surface area contributed by atoms with Gasteiger partial charge in [-0.15, -0.1) is 0 Å². The van der Waals surface area contributed by atoms with Crippen molar-refractivity contribution in [1.29, 1.82) is 0 Å². The number of benzene rings is 1. The van der Waals surface area contributed by atoms with Crippen molar-refractivity contribution in [2.75, 3.05) is 14.2 Å². The fourth-order valence-corrected chi connectivity index (χ4v) is 2.81. The summed E-state index contributed by atoms with van der Waals surface area (Å²) in [6, 6.07) is 1.52. The molecule has 0 N–H and O–H groups in total. The molecule has 0 aliphatic heterocycles. The van der Waals surface area contributed by atoms with Crippen LogP contribution in [0.15, 0.2) is 22.4 Å². The molecule has 0 amide bonds. The van der Waals surface area contributed by atoms with Gasteiger partial charge in [-0.25, -0.2) is 0 Å². The number of ketones is 2. The molecule has 0 heterocycles. The van der Waals surface area contributed by atoms with Gasteiger partial charge in [-0.05, 0) is 22.0 Å². The molecule has 0 spiro atoms. The Bertz CT molecular complexity index is 592. The van der Waals surface area contributed by atoms with Crippen LogP contribution in [-0.4, -0.2) is 25.8 Å². The van der Waals surface area contributed by atoms with Crippen LogP contribution >= 0.6 is 27.5 Å². The van der Waals surface area contributed by atoms with E-state index >= 15 is 0 Å². The van der Waals surface area contributed by atoms with Crippen LogP contribution in [-0.2, 0) is 4.74 Å². The zero-order valence-electron chi connectivity index (χ0n) is 9.54. The molecule has 18 heavy (non-hydrogen) atoms. The Hall–Kier alpha value is -1.33. The third-order valence-electron chi connectivity index (χ3n) is 2.58. The van der Waals surface area contributed by atoms with Gasteiger partial charge in [0.2, 0.25) is 5.78 Å². The van der Waals surface area contributed by atoms with E-state index in [0.717, 1.165) is 6.08 Å². The number of hydrogen-bond acceptors (Lipinski definition) is 4. The lowest BCUT2D eigenvalue weighted by Crippen LogP contribution is -2.19. The van der Waals surface area contributed by atoms with Crippen LogP contribution < -0.4 is 4.74 Å². The summed E-state index contributed by atoms with van der Waals surface area (Å²) in [6.45, 7) is 0. The Morgan fingerprint density at radius 1 is 1.22 bits per heavy atom. The minimum Gasteiger partial charge on any atom is -0.494 e. The van der Waals surface area contributed by atoms with Crippen molar-refractivity contribution in [3.8, 4) is 5.75 Å². The van der Waals surface area contributed by atoms with Crippen molar-refractivity contribution in [3.05, 3.63) is 38.5 Å². The van der Waals surface area contributed by atoms with Gasteiger partial charge < -0.3 is 9.47 Å². The van der Waals surface area contributed by atoms with Crippen LogP contribution in [0.1, 0.15) is 20.7 Å². The number of rotatable bonds is 2. The maximum absolute atomic E-state index is 12.1. The Kier molecular flexibility index (Phi) is 3.45. The van der Waals surface area contributed by atoms with Gasteiger partial charge in [0.25, 0.3) is 0 Å². The summed E-state index contributed by atoms with van der Waals surface area (Å²) < 4.78 is 10.5. The molecule has 1 aliphatic rings. The fraction of sp³-hybridized carbons (Fsp3) is 0.167. The van der Waals surface area contributed by atoms with E-state index in [2.05, 4.69) is 15.9 Å². The molecule has 0 atom stereocenters. The van der Waals surface area contributed by atoms with Gasteiger partial charge in [-0.3, -0.25) is 9.59 Å². The van der Waals surface area contributed by atoms with Crippen LogP contribution in [0.4, 0.5) is 0 Å². The monoisotopic (exact) mass is 330 g/mol. The van der Waals surface area contributed by atoms with E-state index in [9.17, 15) is 9.59 Å². The standard InChI is InChI=1S/C12H8BrClO4/c1-17-8-4-7(15)5-3-6(13)12(18-2)10(14)9(5)11(8)16/h3-4H,1-2H3. The Labute approximate surface area is 117 Å². The summed E-state index contributed by atoms with van der Waals surface area (Å²) in [6.07, 6.45) is 1.15. The lowest BCUT2D eigenvalue weighted by atomic mass is 9.93. The van der Waals surface area contributed by atoms with Crippen LogP contribution in [0, 0.1) is 0 Å². The zero-order valence-corrected chi connectivity index (χ0v) is 11.9. The average molecular weight is 332 g/mol. The molecule has 6 heteroatoms. The summed E-state index contributed by atoms with van der Waals surface area (Å²) in [5.41, 5.74) is 0.347. The normalized spacial score (nSPS) is 14.1. The number of hydrogen-bond donors (Lipinski definition) is 0. The van der Waals surface area contributed by atoms with Gasteiger partial charge >= 0.3 is 0 Å². The number of Topliss-reactive ketones (excluding diaryl/α,β-unsaturated/α-hetero) is 1. The number of halogens is 2. The summed E-state index contributed by atoms with van der Waals surface area (Å²) in [4.78, 5) is 24.0. The molecular weight excluding hydrogens is 323 g/mol. The number of carbonyl (C=O) groups is 2. The SMILES string of the molecule is COC1=CC(=O)c2cc(Br)c(OC)c(Cl)c2C1=O. The maximum atomic E-state index is 12.1. The van der Waals surface area contributed by atoms with Crippen LogP contribution in [0.5, 0.6) is 5.75 Å². The zero-order chi connectivity index (χ0) is 13.4. The smallest absolute Gasteiger partial charge is 0.230 e. The second-order valence-electron chi connectivity index (χ2n) is 3.53. The molecule has 1 aromatic carbocycles. The molecule has 0 aromatic heterocycles. The van der Waals surface area contributed by atoms with Crippen molar-refractivity contribution in [2.45, 2.75) is 0 Å². The van der Waals surface area contributed by atoms with Crippen LogP contribution in [0.25, 0.3) is 0 Å². The third kappa shape index (κ3) is 1.83. The first kappa shape index (κ1) is 13.1. The van der Waals surface area contributed by atoms with E-state index in [1.807, 2.05) is 0 Å². The first-order valence-corrected chi connectivity index (χ1v) is 6.09. The highest BCUT2D eigenvalue weighted by Gasteiger charge is 2.31. The van der Waals surface area contributed by atoms with E-state index in [4.69, 9.17) is 21.1 Å². The number of fused-ring (bicyclic) bond motifs is 1. The maximum Gasteiger partial charge on any atom is 0.230 e. The molecule has 0 unspecified atom stereocenters. The van der Waals surface area contributed by atoms with Crippen LogP contribution in [0.3, 0.4) is 0 Å². The van der Waals surface area contributed by atoms with Gasteiger partial charge in [-0.2, -0.15) is 0 Å². The van der Waals surface area contributed by atoms with Gasteiger partial charge in [-0.1, -0.05) is 11.6 Å². The third-order valence-corrected chi connectivity index (χ3v) is 3.53. The molecule has 1 aromatic rings. The summed E-state index contributed by atoms with van der Waals surface area (Å²) in [7, 11) is 2.76. The van der Waals surface area contributed by atoms with Crippen molar-refractivity contribution < 1.29 is 19.1 Å². The van der Waals surface area contributed by atoms with Gasteiger partial charge in [0, 0.05) is 11.6 Å². The molecule has 94 valence electrons. The van der Waals surface area contributed by atoms with Gasteiger partial charge in [0.05, 0.1) is 29.3 Å². The highest BCUT2D eigenvalue weighted by molar-refractivity contribution is 9.10. The summed E-state index contributed by atoms with van der Waals surface area (Å²) in [5.74, 6) is -0.470. The molecule has 0 radical (unpaired) electrons. The molecule has 1 aliphatic carbocycles. The quantitative estimate of drug-likeness (QED) is 0.836. The van der Waals surface area contributed by atoms with E-state index in [1.54, 1.807) is 0 Å². The predicted molar refractivity (Wildman–Crippen MR) is 69.5 cm³/mol. The lowest BCUT2D eigenvalue weighted by Gasteiger charge is -2.18. The van der Waals surface area contributed by atoms with Crippen molar-refractivity contribution >= 4 is 39.1 Å². The molecule has 0 saturated carbocycles. The number of allylic oxidation sites excluding steroid dienone is 2. The minimum atomic E-state index is -0.428. The number of carbonyl (C=O) groups excluding carboxylic acids is 2. The number of ether oxygens (including phenoxy) is 2. The second kappa shape index (κ2) is 4.74. The molecule has 4 nitrogen and oxygen atoms in total. The highest BCUT2D eigenvalue weighted by Crippen LogP contribution is 2.40. The van der Waals surface area contributed by atoms with Crippen molar-refractivity contribution in [3.63, 3.8) is 0 Å². The molecular formula is C12H8BrClO4. The Balaban J connectivity index is 2.75. The molecule has 0 fully saturated rings. The molecule has 0 saturated heterocycles. The average Bonchev–Trinajstić information content (AvgIpc) is 2.33. The van der Waals surface area contributed by atoms with E-state index < -0.39 is 5.78 Å². The lowest BCUT2D eigenvalue weighted by molar-refractivity contribution is 0.0916. The van der Waals surface area contributed by atoms with Crippen LogP contribution in [0.2, 0.25) is 5.02 Å². The minimum absolute atomic E-state index is 0.0289. The van der Waals surface area contributed by atoms with E-state index in [1.165, 1.54) is 20.3 Å². The van der Waals surface area contributed by atoms with Gasteiger partial charge in [0.15, 0.2) is 17.3 Å². The van der Waals surface area contributed by atoms with E-state index in [-0.39, 0.29) is 27.7 Å². The predicted octanol–water partition coefficient (Wildman–Crippen LogP) is 3.02. The topological polar surface area (TPSA) is 52.6 Å². The fourth-order valence-electron chi connectivity index (χ4n) is 1.74. The highest BCUT2D eigenvalue weighted by atomic mass is 79.9. The largest absolute Gasteiger partial charge is 0.494 e. The Morgan fingerprint density at radius 2 is 1.89 bits per heavy atom. The van der Waals surface area contributed by atoms with Crippen molar-refractivity contribution in [1.82, 2.24) is 0 Å². The van der Waals surface area contributed by atoms with E-state index in [0.29, 0.717) is 10.2 Å². The molecule has 2 rings (SSSR count). The second-order valence-corrected chi connectivity index (χ2v) is 4.77. The summed E-state index contributed by atoms with van der Waals surface area (Å²) in [5, 5.41) is 0.0999. The Morgan fingerprint density at radius 3 is 2.44 bits per heavy atom. The number of methoxy groups -OCH3 is 2. The van der Waals surface area contributed by atoms with Crippen molar-refractivity contribution in [2.24, 2.45) is 0 Å². The first-order chi connectivity index (χ1) is 8.51. The molecule has 0 bridgehead atoms.